The molecular formula is C19H16N2O. The fourth-order valence-electron chi connectivity index (χ4n) is 2.72. The van der Waals surface area contributed by atoms with Crippen LogP contribution in [0.2, 0.25) is 0 Å². The lowest BCUT2D eigenvalue weighted by molar-refractivity contribution is -0.106. The lowest BCUT2D eigenvalue weighted by Gasteiger charge is -2.07. The van der Waals surface area contributed by atoms with Gasteiger partial charge in [0, 0.05) is 17.3 Å². The standard InChI is InChI=1S/C18H13N.CH3NO/c1-2-9-16-14(6-1)7-5-10-17(16)18-12-11-15-8-3-4-13-19(15)18;2-1-3/h1-13H;1H,(H2,2,3). The number of primary amides is 1. The first kappa shape index (κ1) is 13.9. The molecule has 4 aromatic rings. The molecule has 3 heteroatoms. The smallest absolute Gasteiger partial charge is 0.204 e. The maximum absolute atomic E-state index is 8.58. The minimum absolute atomic E-state index is 0.250. The van der Waals surface area contributed by atoms with E-state index in [1.807, 2.05) is 0 Å². The van der Waals surface area contributed by atoms with Gasteiger partial charge in [-0.05, 0) is 35.0 Å². The van der Waals surface area contributed by atoms with E-state index in [0.29, 0.717) is 0 Å². The van der Waals surface area contributed by atoms with Crippen LogP contribution in [0, 0.1) is 0 Å². The molecule has 0 spiro atoms. The minimum Gasteiger partial charge on any atom is -0.372 e. The summed E-state index contributed by atoms with van der Waals surface area (Å²) in [4.78, 5) is 8.58. The molecule has 0 radical (unpaired) electrons. The summed E-state index contributed by atoms with van der Waals surface area (Å²) >= 11 is 0. The van der Waals surface area contributed by atoms with E-state index in [-0.39, 0.29) is 6.41 Å². The molecule has 0 aliphatic carbocycles. The van der Waals surface area contributed by atoms with E-state index in [0.717, 1.165) is 0 Å². The Balaban J connectivity index is 0.000000446. The quantitative estimate of drug-likeness (QED) is 0.531. The number of hydrogen-bond acceptors (Lipinski definition) is 1. The Morgan fingerprint density at radius 1 is 0.818 bits per heavy atom. The molecule has 0 bridgehead atoms. The molecule has 0 unspecified atom stereocenters. The van der Waals surface area contributed by atoms with Gasteiger partial charge < -0.3 is 10.1 Å². The van der Waals surface area contributed by atoms with Gasteiger partial charge in [0.15, 0.2) is 0 Å². The van der Waals surface area contributed by atoms with Crippen LogP contribution in [0.4, 0.5) is 0 Å². The van der Waals surface area contributed by atoms with E-state index in [1.54, 1.807) is 0 Å². The molecule has 0 aliphatic rings. The van der Waals surface area contributed by atoms with Crippen molar-refractivity contribution in [2.45, 2.75) is 0 Å². The SMILES string of the molecule is NC=O.c1ccc2c(-c3ccc4ccccn34)cccc2c1. The molecule has 0 atom stereocenters. The Morgan fingerprint density at radius 3 is 2.41 bits per heavy atom. The molecule has 0 saturated carbocycles. The summed E-state index contributed by atoms with van der Waals surface area (Å²) in [5.74, 6) is 0. The number of nitrogens with two attached hydrogens (primary N) is 1. The van der Waals surface area contributed by atoms with Crippen molar-refractivity contribution in [3.05, 3.63) is 79.0 Å². The topological polar surface area (TPSA) is 47.5 Å². The molecule has 0 aliphatic heterocycles. The van der Waals surface area contributed by atoms with Gasteiger partial charge in [-0.3, -0.25) is 4.79 Å². The van der Waals surface area contributed by atoms with Crippen molar-refractivity contribution in [1.29, 1.82) is 0 Å². The van der Waals surface area contributed by atoms with Crippen LogP contribution >= 0.6 is 0 Å². The summed E-state index contributed by atoms with van der Waals surface area (Å²) < 4.78 is 2.24. The minimum atomic E-state index is 0.250. The first-order valence-electron chi connectivity index (χ1n) is 7.05. The number of hydrogen-bond donors (Lipinski definition) is 1. The second-order valence-electron chi connectivity index (χ2n) is 4.88. The lowest BCUT2D eigenvalue weighted by Crippen LogP contribution is -1.87. The molecule has 2 heterocycles. The number of fused-ring (bicyclic) bond motifs is 2. The zero-order valence-corrected chi connectivity index (χ0v) is 12.0. The largest absolute Gasteiger partial charge is 0.372 e. The molecule has 0 saturated heterocycles. The maximum atomic E-state index is 8.58. The van der Waals surface area contributed by atoms with Crippen LogP contribution in [0.3, 0.4) is 0 Å². The van der Waals surface area contributed by atoms with Gasteiger partial charge in [-0.1, -0.05) is 48.5 Å². The molecular weight excluding hydrogens is 272 g/mol. The highest BCUT2D eigenvalue weighted by molar-refractivity contribution is 5.96. The van der Waals surface area contributed by atoms with E-state index in [2.05, 4.69) is 89.1 Å². The monoisotopic (exact) mass is 288 g/mol. The van der Waals surface area contributed by atoms with Crippen LogP contribution < -0.4 is 5.73 Å². The molecule has 2 N–H and O–H groups in total. The molecule has 2 aromatic heterocycles. The average Bonchev–Trinajstić information content (AvgIpc) is 2.99. The lowest BCUT2D eigenvalue weighted by atomic mass is 10.0. The van der Waals surface area contributed by atoms with Gasteiger partial charge in [0.05, 0.1) is 5.69 Å². The number of amides is 1. The van der Waals surface area contributed by atoms with Gasteiger partial charge in [0.1, 0.15) is 0 Å². The van der Waals surface area contributed by atoms with Crippen molar-refractivity contribution in [2.75, 3.05) is 0 Å². The molecule has 22 heavy (non-hydrogen) atoms. The summed E-state index contributed by atoms with van der Waals surface area (Å²) in [5, 5.41) is 2.58. The van der Waals surface area contributed by atoms with Crippen LogP contribution in [0.1, 0.15) is 0 Å². The summed E-state index contributed by atoms with van der Waals surface area (Å²) in [6.07, 6.45) is 2.37. The van der Waals surface area contributed by atoms with E-state index in [9.17, 15) is 0 Å². The van der Waals surface area contributed by atoms with Crippen LogP contribution in [0.15, 0.2) is 79.0 Å². The predicted octanol–water partition coefficient (Wildman–Crippen LogP) is 3.86. The zero-order chi connectivity index (χ0) is 15.4. The van der Waals surface area contributed by atoms with Crippen LogP contribution in [0.5, 0.6) is 0 Å². The number of benzene rings is 2. The highest BCUT2D eigenvalue weighted by Gasteiger charge is 2.07. The van der Waals surface area contributed by atoms with Crippen molar-refractivity contribution in [3.8, 4) is 11.3 Å². The number of carbonyl (C=O) groups excluding carboxylic acids is 1. The summed E-state index contributed by atoms with van der Waals surface area (Å²) in [7, 11) is 0. The third kappa shape index (κ3) is 2.44. The number of aromatic nitrogens is 1. The first-order chi connectivity index (χ1) is 10.8. The Hall–Kier alpha value is -3.07. The summed E-state index contributed by atoms with van der Waals surface area (Å²) in [6, 6.07) is 25.6. The summed E-state index contributed by atoms with van der Waals surface area (Å²) in [5.41, 5.74) is 7.92. The van der Waals surface area contributed by atoms with Crippen molar-refractivity contribution in [3.63, 3.8) is 0 Å². The molecule has 108 valence electrons. The van der Waals surface area contributed by atoms with Gasteiger partial charge in [-0.2, -0.15) is 0 Å². The van der Waals surface area contributed by atoms with Crippen molar-refractivity contribution in [1.82, 2.24) is 4.40 Å². The average molecular weight is 288 g/mol. The van der Waals surface area contributed by atoms with E-state index < -0.39 is 0 Å². The van der Waals surface area contributed by atoms with Gasteiger partial charge in [-0.25, -0.2) is 0 Å². The van der Waals surface area contributed by atoms with E-state index in [1.165, 1.54) is 27.5 Å². The van der Waals surface area contributed by atoms with Crippen LogP contribution in [0.25, 0.3) is 27.5 Å². The Kier molecular flexibility index (Phi) is 3.88. The maximum Gasteiger partial charge on any atom is 0.204 e. The third-order valence-electron chi connectivity index (χ3n) is 3.63. The second-order valence-corrected chi connectivity index (χ2v) is 4.88. The number of rotatable bonds is 1. The Labute approximate surface area is 128 Å². The first-order valence-corrected chi connectivity index (χ1v) is 7.05. The normalized spacial score (nSPS) is 10.2. The van der Waals surface area contributed by atoms with Gasteiger partial charge >= 0.3 is 0 Å². The fraction of sp³-hybridized carbons (Fsp3) is 0. The third-order valence-corrected chi connectivity index (χ3v) is 3.63. The molecule has 4 rings (SSSR count). The van der Waals surface area contributed by atoms with Crippen molar-refractivity contribution < 1.29 is 4.79 Å². The highest BCUT2D eigenvalue weighted by atomic mass is 16.1. The van der Waals surface area contributed by atoms with Crippen molar-refractivity contribution >= 4 is 22.7 Å². The molecule has 3 nitrogen and oxygen atoms in total. The van der Waals surface area contributed by atoms with E-state index in [4.69, 9.17) is 4.79 Å². The Bertz CT molecular complexity index is 919. The van der Waals surface area contributed by atoms with Gasteiger partial charge in [-0.15, -0.1) is 0 Å². The predicted molar refractivity (Wildman–Crippen MR) is 90.6 cm³/mol. The van der Waals surface area contributed by atoms with E-state index >= 15 is 0 Å². The summed E-state index contributed by atoms with van der Waals surface area (Å²) in [6.45, 7) is 0. The van der Waals surface area contributed by atoms with Gasteiger partial charge in [0.2, 0.25) is 6.41 Å². The number of pyridine rings is 1. The van der Waals surface area contributed by atoms with Crippen LogP contribution in [-0.4, -0.2) is 10.8 Å². The fourth-order valence-corrected chi connectivity index (χ4v) is 2.72. The highest BCUT2D eigenvalue weighted by Crippen LogP contribution is 2.29. The Morgan fingerprint density at radius 2 is 1.55 bits per heavy atom. The van der Waals surface area contributed by atoms with Gasteiger partial charge in [0.25, 0.3) is 0 Å². The second kappa shape index (κ2) is 6.14. The van der Waals surface area contributed by atoms with Crippen molar-refractivity contribution in [2.24, 2.45) is 5.73 Å². The number of nitrogens with zero attached hydrogens (tertiary/aromatic N) is 1. The number of carbonyl (C=O) groups is 1. The molecule has 1 amide bonds. The molecule has 0 fully saturated rings. The molecule has 2 aromatic carbocycles. The van der Waals surface area contributed by atoms with Crippen LogP contribution in [-0.2, 0) is 4.79 Å². The zero-order valence-electron chi connectivity index (χ0n) is 12.0.